The second-order valence-electron chi connectivity index (χ2n) is 14.4. The normalized spacial score (nSPS) is 19.9. The summed E-state index contributed by atoms with van der Waals surface area (Å²) in [6, 6.07) is 18.3. The van der Waals surface area contributed by atoms with Crippen molar-refractivity contribution >= 4 is 41.0 Å². The van der Waals surface area contributed by atoms with Crippen LogP contribution in [-0.2, 0) is 19.3 Å². The van der Waals surface area contributed by atoms with Gasteiger partial charge in [0.2, 0.25) is 11.4 Å². The molecule has 0 saturated heterocycles. The van der Waals surface area contributed by atoms with Crippen LogP contribution in [0.3, 0.4) is 0 Å². The van der Waals surface area contributed by atoms with E-state index in [1.807, 2.05) is 6.92 Å². The molecule has 0 bridgehead atoms. The average molecular weight is 597 g/mol. The summed E-state index contributed by atoms with van der Waals surface area (Å²) < 4.78 is 9.20. The number of pyridine rings is 2. The molecule has 0 N–H and O–H groups in total. The molecule has 2 unspecified atom stereocenters. The van der Waals surface area contributed by atoms with E-state index in [4.69, 9.17) is 14.4 Å². The molecule has 3 aromatic heterocycles. The van der Waals surface area contributed by atoms with Gasteiger partial charge >= 0.3 is 0 Å². The minimum absolute atomic E-state index is 0.287. The Labute approximate surface area is 261 Å². The second kappa shape index (κ2) is 10.1. The SMILES string of the molecule is C=C1CC2C(CCc3ccc4c(oc5nc(C)ccc54)c3C(C)=N1)c1ccccc1-c1c3c(c([Si](C)(C)C)c[n+]12)CCCC3. The van der Waals surface area contributed by atoms with E-state index in [2.05, 4.69) is 92.4 Å². The molecule has 44 heavy (non-hydrogen) atoms. The molecule has 3 aliphatic rings. The number of hydrogen-bond acceptors (Lipinski definition) is 3. The Kier molecular flexibility index (Phi) is 6.36. The molecular weight excluding hydrogens is 555 g/mol. The van der Waals surface area contributed by atoms with Crippen molar-refractivity contribution in [1.82, 2.24) is 4.98 Å². The third kappa shape index (κ3) is 4.27. The van der Waals surface area contributed by atoms with Crippen LogP contribution in [0.2, 0.25) is 19.6 Å². The minimum atomic E-state index is -1.57. The molecule has 0 saturated carbocycles. The van der Waals surface area contributed by atoms with Crippen LogP contribution in [0.1, 0.15) is 78.1 Å². The van der Waals surface area contributed by atoms with E-state index in [0.29, 0.717) is 11.6 Å². The second-order valence-corrected chi connectivity index (χ2v) is 19.4. The molecule has 0 fully saturated rings. The number of furan rings is 1. The lowest BCUT2D eigenvalue weighted by molar-refractivity contribution is -0.717. The van der Waals surface area contributed by atoms with Gasteiger partial charge in [0.25, 0.3) is 0 Å². The van der Waals surface area contributed by atoms with E-state index in [-0.39, 0.29) is 6.04 Å². The highest BCUT2D eigenvalue weighted by Crippen LogP contribution is 2.46. The fourth-order valence-electron chi connectivity index (χ4n) is 8.49. The summed E-state index contributed by atoms with van der Waals surface area (Å²) in [6.45, 7) is 16.3. The Balaban J connectivity index is 1.33. The molecule has 2 aromatic carbocycles. The van der Waals surface area contributed by atoms with Crippen molar-refractivity contribution in [3.8, 4) is 11.3 Å². The van der Waals surface area contributed by atoms with E-state index in [9.17, 15) is 0 Å². The van der Waals surface area contributed by atoms with Crippen LogP contribution >= 0.6 is 0 Å². The van der Waals surface area contributed by atoms with Gasteiger partial charge in [0, 0.05) is 50.1 Å². The lowest BCUT2D eigenvalue weighted by Gasteiger charge is -2.35. The first-order valence-electron chi connectivity index (χ1n) is 16.4. The van der Waals surface area contributed by atoms with Gasteiger partial charge < -0.3 is 4.42 Å². The standard InChI is InChI=1S/C39H42N3OSi/c1-23-15-18-33-32-20-17-26-16-19-28-27-11-7-9-13-30(27)37-31-14-10-8-12-29(31)35(44(4,5)6)22-42(37)34(28)21-24(2)40-25(3)36(26)38(32)43-39(33)41-23/h7,9,11,13,15,17-18,20,22,28,34H,2,8,10,12,14,16,19,21H2,1,3-6H3/q+1. The van der Waals surface area contributed by atoms with E-state index in [0.717, 1.165) is 58.3 Å². The molecule has 0 radical (unpaired) electrons. The van der Waals surface area contributed by atoms with Crippen molar-refractivity contribution < 1.29 is 8.98 Å². The molecular formula is C39H42N3OSi+. The van der Waals surface area contributed by atoms with Crippen LogP contribution < -0.4 is 9.75 Å². The third-order valence-corrected chi connectivity index (χ3v) is 12.5. The van der Waals surface area contributed by atoms with Gasteiger partial charge in [0.15, 0.2) is 12.2 Å². The van der Waals surface area contributed by atoms with Gasteiger partial charge in [-0.3, -0.25) is 4.99 Å². The van der Waals surface area contributed by atoms with Crippen molar-refractivity contribution in [3.63, 3.8) is 0 Å². The predicted octanol–water partition coefficient (Wildman–Crippen LogP) is 8.67. The number of allylic oxidation sites excluding steroid dienone is 1. The molecule has 2 aliphatic heterocycles. The zero-order valence-corrected chi connectivity index (χ0v) is 27.8. The van der Waals surface area contributed by atoms with Gasteiger partial charge in [-0.25, -0.2) is 4.98 Å². The van der Waals surface area contributed by atoms with Crippen LogP contribution in [-0.4, -0.2) is 18.8 Å². The molecule has 0 amide bonds. The molecule has 5 heterocycles. The smallest absolute Gasteiger partial charge is 0.227 e. The average Bonchev–Trinajstić information content (AvgIpc) is 3.36. The Morgan fingerprint density at radius 1 is 0.909 bits per heavy atom. The summed E-state index contributed by atoms with van der Waals surface area (Å²) >= 11 is 0. The number of fused-ring (bicyclic) bond motifs is 13. The van der Waals surface area contributed by atoms with Crippen LogP contribution in [0, 0.1) is 6.92 Å². The fraction of sp³-hybridized carbons (Fsp3) is 0.359. The highest BCUT2D eigenvalue weighted by molar-refractivity contribution is 6.89. The summed E-state index contributed by atoms with van der Waals surface area (Å²) in [5.74, 6) is 0.369. The van der Waals surface area contributed by atoms with Gasteiger partial charge in [-0.1, -0.05) is 56.6 Å². The quantitative estimate of drug-likeness (QED) is 0.144. The number of rotatable bonds is 1. The van der Waals surface area contributed by atoms with Gasteiger partial charge in [0.1, 0.15) is 5.58 Å². The first-order chi connectivity index (χ1) is 21.2. The van der Waals surface area contributed by atoms with Crippen LogP contribution in [0.4, 0.5) is 0 Å². The Hall–Kier alpha value is -3.83. The highest BCUT2D eigenvalue weighted by Gasteiger charge is 2.44. The maximum atomic E-state index is 6.49. The Morgan fingerprint density at radius 3 is 2.50 bits per heavy atom. The highest BCUT2D eigenvalue weighted by atomic mass is 28.3. The maximum Gasteiger partial charge on any atom is 0.227 e. The maximum absolute atomic E-state index is 6.49. The van der Waals surface area contributed by atoms with Gasteiger partial charge in [0.05, 0.1) is 20.1 Å². The molecule has 8 rings (SSSR count). The zero-order chi connectivity index (χ0) is 30.3. The molecule has 222 valence electrons. The number of hydrogen-bond donors (Lipinski definition) is 0. The Morgan fingerprint density at radius 2 is 1.68 bits per heavy atom. The number of benzene rings is 2. The van der Waals surface area contributed by atoms with Gasteiger partial charge in [-0.2, -0.15) is 4.57 Å². The van der Waals surface area contributed by atoms with E-state index in [1.54, 1.807) is 16.3 Å². The van der Waals surface area contributed by atoms with Crippen LogP contribution in [0.5, 0.6) is 0 Å². The fourth-order valence-corrected chi connectivity index (χ4v) is 10.2. The number of nitrogens with zero attached hydrogens (tertiary/aromatic N) is 3. The molecule has 1 aliphatic carbocycles. The summed E-state index contributed by atoms with van der Waals surface area (Å²) in [7, 11) is -1.57. The number of aromatic nitrogens is 2. The van der Waals surface area contributed by atoms with Crippen molar-refractivity contribution in [2.24, 2.45) is 4.99 Å². The Bertz CT molecular complexity index is 2040. The van der Waals surface area contributed by atoms with Crippen molar-refractivity contribution in [1.29, 1.82) is 0 Å². The van der Waals surface area contributed by atoms with Gasteiger partial charge in [-0.05, 0) is 87.3 Å². The molecule has 2 atom stereocenters. The van der Waals surface area contributed by atoms with E-state index >= 15 is 0 Å². The van der Waals surface area contributed by atoms with Gasteiger partial charge in [-0.15, -0.1) is 0 Å². The zero-order valence-electron chi connectivity index (χ0n) is 26.8. The van der Waals surface area contributed by atoms with Crippen molar-refractivity contribution in [2.45, 2.75) is 90.4 Å². The lowest BCUT2D eigenvalue weighted by Crippen LogP contribution is -2.55. The third-order valence-electron chi connectivity index (χ3n) is 10.4. The lowest BCUT2D eigenvalue weighted by atomic mass is 9.75. The molecule has 0 spiro atoms. The topological polar surface area (TPSA) is 42.3 Å². The summed E-state index contributed by atoms with van der Waals surface area (Å²) in [4.78, 5) is 9.94. The summed E-state index contributed by atoms with van der Waals surface area (Å²) in [5.41, 5.74) is 14.6. The number of aryl methyl sites for hydroxylation is 2. The van der Waals surface area contributed by atoms with E-state index in [1.165, 1.54) is 48.1 Å². The summed E-state index contributed by atoms with van der Waals surface area (Å²) in [5, 5.41) is 3.82. The van der Waals surface area contributed by atoms with E-state index < -0.39 is 8.07 Å². The number of aliphatic imine (C=N–C) groups is 1. The molecule has 5 aromatic rings. The molecule has 5 heteroatoms. The van der Waals surface area contributed by atoms with Crippen molar-refractivity contribution in [3.05, 3.63) is 101 Å². The molecule has 4 nitrogen and oxygen atoms in total. The first kappa shape index (κ1) is 27.7. The van der Waals surface area contributed by atoms with Crippen LogP contribution in [0.15, 0.2) is 76.4 Å². The summed E-state index contributed by atoms with van der Waals surface area (Å²) in [6.07, 6.45) is 10.4. The first-order valence-corrected chi connectivity index (χ1v) is 19.9. The monoisotopic (exact) mass is 596 g/mol. The minimum Gasteiger partial charge on any atom is -0.437 e. The van der Waals surface area contributed by atoms with Crippen molar-refractivity contribution in [2.75, 3.05) is 0 Å². The predicted molar refractivity (Wildman–Crippen MR) is 184 cm³/mol. The van der Waals surface area contributed by atoms with Crippen LogP contribution in [0.25, 0.3) is 33.3 Å². The largest absolute Gasteiger partial charge is 0.437 e.